The van der Waals surface area contributed by atoms with Crippen molar-refractivity contribution in [2.45, 2.75) is 66.2 Å². The summed E-state index contributed by atoms with van der Waals surface area (Å²) in [4.78, 5) is 21.8. The number of hydrazine groups is 1. The first-order valence-electron chi connectivity index (χ1n) is 9.08. The third-order valence-electron chi connectivity index (χ3n) is 6.38. The zero-order chi connectivity index (χ0) is 17.2. The van der Waals surface area contributed by atoms with Gasteiger partial charge in [-0.05, 0) is 75.2 Å². The first-order chi connectivity index (χ1) is 11.2. The molecule has 4 aliphatic rings. The van der Waals surface area contributed by atoms with Gasteiger partial charge < -0.3 is 0 Å². The number of nitrogens with one attached hydrogen (secondary N) is 2. The second-order valence-electron chi connectivity index (χ2n) is 9.46. The number of carbonyl (C=O) groups excluding carboxylic acids is 1. The molecule has 1 aromatic heterocycles. The zero-order valence-corrected chi connectivity index (χ0v) is 15.2. The number of aromatic nitrogens is 2. The van der Waals surface area contributed by atoms with Crippen molar-refractivity contribution in [3.63, 3.8) is 0 Å². The number of nitrogens with zero attached hydrogens (tertiary/aromatic N) is 2. The average Bonchev–Trinajstić information content (AvgIpc) is 2.39. The number of anilines is 1. The minimum Gasteiger partial charge on any atom is -0.273 e. The van der Waals surface area contributed by atoms with E-state index in [-0.39, 0.29) is 11.3 Å². The molecule has 5 rings (SSSR count). The fourth-order valence-electron chi connectivity index (χ4n) is 6.73. The van der Waals surface area contributed by atoms with Crippen molar-refractivity contribution in [2.24, 2.45) is 22.2 Å². The van der Waals surface area contributed by atoms with Gasteiger partial charge in [-0.15, -0.1) is 0 Å². The van der Waals surface area contributed by atoms with E-state index >= 15 is 0 Å². The molecular formula is C19H28N4O. The van der Waals surface area contributed by atoms with Crippen LogP contribution < -0.4 is 10.9 Å². The fraction of sp³-hybridized carbons (Fsp3) is 0.737. The molecule has 4 aliphatic carbocycles. The molecule has 4 saturated carbocycles. The Morgan fingerprint density at radius 2 is 1.62 bits per heavy atom. The van der Waals surface area contributed by atoms with Crippen molar-refractivity contribution in [3.8, 4) is 0 Å². The molecule has 5 nitrogen and oxygen atoms in total. The van der Waals surface area contributed by atoms with Crippen LogP contribution in [0.2, 0.25) is 0 Å². The maximum absolute atomic E-state index is 13.1. The van der Waals surface area contributed by atoms with Gasteiger partial charge in [0.05, 0.1) is 5.41 Å². The van der Waals surface area contributed by atoms with Crippen LogP contribution in [0.4, 0.5) is 5.95 Å². The lowest BCUT2D eigenvalue weighted by Gasteiger charge is -2.64. The summed E-state index contributed by atoms with van der Waals surface area (Å²) in [6.45, 7) is 8.64. The Balaban J connectivity index is 1.52. The average molecular weight is 328 g/mol. The van der Waals surface area contributed by atoms with E-state index in [1.54, 1.807) is 0 Å². The molecule has 2 N–H and O–H groups in total. The summed E-state index contributed by atoms with van der Waals surface area (Å²) in [5.41, 5.74) is 8.14. The Hall–Kier alpha value is -1.65. The molecular weight excluding hydrogens is 300 g/mol. The lowest BCUT2D eigenvalue weighted by atomic mass is 9.40. The van der Waals surface area contributed by atoms with Crippen LogP contribution in [0.25, 0.3) is 0 Å². The van der Waals surface area contributed by atoms with Crippen molar-refractivity contribution in [1.29, 1.82) is 0 Å². The Bertz CT molecular complexity index is 662. The second-order valence-corrected chi connectivity index (χ2v) is 9.46. The van der Waals surface area contributed by atoms with E-state index < -0.39 is 0 Å². The number of amides is 1. The molecule has 0 saturated heterocycles. The minimum atomic E-state index is -0.214. The van der Waals surface area contributed by atoms with Crippen molar-refractivity contribution in [2.75, 3.05) is 5.43 Å². The highest BCUT2D eigenvalue weighted by Crippen LogP contribution is 2.69. The molecule has 2 unspecified atom stereocenters. The molecule has 130 valence electrons. The minimum absolute atomic E-state index is 0.131. The summed E-state index contributed by atoms with van der Waals surface area (Å²) in [6.07, 6.45) is 6.95. The van der Waals surface area contributed by atoms with Gasteiger partial charge in [0, 0.05) is 11.4 Å². The zero-order valence-electron chi connectivity index (χ0n) is 15.2. The van der Waals surface area contributed by atoms with Crippen LogP contribution >= 0.6 is 0 Å². The van der Waals surface area contributed by atoms with Crippen LogP contribution in [0.5, 0.6) is 0 Å². The predicted octanol–water partition coefficient (Wildman–Crippen LogP) is 3.53. The van der Waals surface area contributed by atoms with Crippen LogP contribution in [-0.2, 0) is 4.79 Å². The molecule has 0 aliphatic heterocycles. The highest BCUT2D eigenvalue weighted by Gasteiger charge is 2.62. The monoisotopic (exact) mass is 328 g/mol. The second kappa shape index (κ2) is 4.93. The van der Waals surface area contributed by atoms with E-state index in [1.807, 2.05) is 19.9 Å². The molecule has 0 spiro atoms. The van der Waals surface area contributed by atoms with Crippen LogP contribution in [0.1, 0.15) is 63.8 Å². The van der Waals surface area contributed by atoms with Crippen molar-refractivity contribution in [3.05, 3.63) is 17.5 Å². The topological polar surface area (TPSA) is 66.9 Å². The number of aryl methyl sites for hydroxylation is 2. The number of carbonyl (C=O) groups is 1. The van der Waals surface area contributed by atoms with E-state index in [9.17, 15) is 4.79 Å². The third-order valence-corrected chi connectivity index (χ3v) is 6.38. The Morgan fingerprint density at radius 1 is 1.04 bits per heavy atom. The van der Waals surface area contributed by atoms with Crippen LogP contribution in [0.3, 0.4) is 0 Å². The summed E-state index contributed by atoms with van der Waals surface area (Å²) < 4.78 is 0. The first kappa shape index (κ1) is 15.9. The van der Waals surface area contributed by atoms with Gasteiger partial charge in [0.15, 0.2) is 0 Å². The molecule has 4 fully saturated rings. The normalized spacial score (nSPS) is 39.8. The van der Waals surface area contributed by atoms with Gasteiger partial charge in [0.25, 0.3) is 0 Å². The molecule has 1 heterocycles. The van der Waals surface area contributed by atoms with Crippen molar-refractivity contribution >= 4 is 11.9 Å². The molecule has 0 aromatic carbocycles. The Kier molecular flexibility index (Phi) is 3.26. The van der Waals surface area contributed by atoms with Gasteiger partial charge in [-0.3, -0.25) is 15.6 Å². The van der Waals surface area contributed by atoms with E-state index in [0.717, 1.165) is 30.7 Å². The maximum Gasteiger partial charge on any atom is 0.244 e. The van der Waals surface area contributed by atoms with Crippen LogP contribution in [-0.4, -0.2) is 15.9 Å². The van der Waals surface area contributed by atoms with E-state index in [0.29, 0.717) is 22.7 Å². The lowest BCUT2D eigenvalue weighted by molar-refractivity contribution is -0.169. The van der Waals surface area contributed by atoms with Crippen LogP contribution in [0.15, 0.2) is 6.07 Å². The maximum atomic E-state index is 13.1. The summed E-state index contributed by atoms with van der Waals surface area (Å²) in [6, 6.07) is 1.92. The Labute approximate surface area is 144 Å². The molecule has 0 radical (unpaired) electrons. The van der Waals surface area contributed by atoms with Gasteiger partial charge in [-0.2, -0.15) is 0 Å². The molecule has 24 heavy (non-hydrogen) atoms. The highest BCUT2D eigenvalue weighted by molar-refractivity contribution is 5.84. The molecule has 1 amide bonds. The largest absolute Gasteiger partial charge is 0.273 e. The summed E-state index contributed by atoms with van der Waals surface area (Å²) in [5, 5.41) is 0. The quantitative estimate of drug-likeness (QED) is 0.833. The fourth-order valence-corrected chi connectivity index (χ4v) is 6.73. The molecule has 1 aromatic rings. The van der Waals surface area contributed by atoms with Gasteiger partial charge in [-0.1, -0.05) is 13.8 Å². The lowest BCUT2D eigenvalue weighted by Crippen LogP contribution is -2.60. The standard InChI is InChI=1S/C19H28N4O/c1-12-5-13(2)21-16(20-12)23-22-15(24)19-8-14-6-17(3,10-19)9-18(4,7-14)11-19/h5,14H,6-11H2,1-4H3,(H,22,24)(H,20,21,23)/t14?,17-,18+,19?. The molecule has 5 heteroatoms. The van der Waals surface area contributed by atoms with Crippen molar-refractivity contribution < 1.29 is 4.79 Å². The van der Waals surface area contributed by atoms with Gasteiger partial charge in [-0.25, -0.2) is 9.97 Å². The van der Waals surface area contributed by atoms with Crippen LogP contribution in [0, 0.1) is 36.0 Å². The summed E-state index contributed by atoms with van der Waals surface area (Å²) in [7, 11) is 0. The van der Waals surface area contributed by atoms with Gasteiger partial charge >= 0.3 is 0 Å². The number of hydrogen-bond acceptors (Lipinski definition) is 4. The van der Waals surface area contributed by atoms with E-state index in [1.165, 1.54) is 19.3 Å². The smallest absolute Gasteiger partial charge is 0.244 e. The predicted molar refractivity (Wildman–Crippen MR) is 93.1 cm³/mol. The first-order valence-corrected chi connectivity index (χ1v) is 9.08. The third kappa shape index (κ3) is 2.58. The SMILES string of the molecule is Cc1cc(C)nc(NNC(=O)C23CC4C[C@@](C)(C2)C[C@](C)(C4)C3)n1. The van der Waals surface area contributed by atoms with Crippen molar-refractivity contribution in [1.82, 2.24) is 15.4 Å². The highest BCUT2D eigenvalue weighted by atomic mass is 16.2. The van der Waals surface area contributed by atoms with E-state index in [2.05, 4.69) is 34.7 Å². The van der Waals surface area contributed by atoms with Gasteiger partial charge in [0.2, 0.25) is 11.9 Å². The summed E-state index contributed by atoms with van der Waals surface area (Å²) in [5.74, 6) is 1.31. The molecule has 4 bridgehead atoms. The Morgan fingerprint density at radius 3 is 2.17 bits per heavy atom. The van der Waals surface area contributed by atoms with Gasteiger partial charge in [0.1, 0.15) is 0 Å². The number of hydrogen-bond donors (Lipinski definition) is 2. The summed E-state index contributed by atoms with van der Waals surface area (Å²) >= 11 is 0. The van der Waals surface area contributed by atoms with E-state index in [4.69, 9.17) is 0 Å². The number of rotatable bonds is 3. The molecule has 4 atom stereocenters.